The van der Waals surface area contributed by atoms with Crippen molar-refractivity contribution in [3.05, 3.63) is 36.0 Å². The maximum Gasteiger partial charge on any atom is 0.214 e. The van der Waals surface area contributed by atoms with Gasteiger partial charge in [-0.1, -0.05) is 12.1 Å². The third kappa shape index (κ3) is 4.55. The molecule has 1 aliphatic rings. The van der Waals surface area contributed by atoms with Crippen LogP contribution in [0, 0.1) is 12.8 Å². The lowest BCUT2D eigenvalue weighted by atomic mass is 10.1. The van der Waals surface area contributed by atoms with Gasteiger partial charge in [0.2, 0.25) is 10.0 Å². The van der Waals surface area contributed by atoms with E-state index < -0.39 is 10.0 Å². The zero-order valence-electron chi connectivity index (χ0n) is 15.6. The Hall–Kier alpha value is -2.23. The molecule has 1 aliphatic heterocycles. The number of anilines is 1. The summed E-state index contributed by atoms with van der Waals surface area (Å²) < 4.78 is 31.1. The fourth-order valence-corrected chi connectivity index (χ4v) is 4.13. The van der Waals surface area contributed by atoms with Crippen LogP contribution in [-0.4, -0.2) is 66.9 Å². The number of phenolic OH excluding ortho intramolecular Hbond substituents is 1. The molecular formula is C18H24N4O4S. The van der Waals surface area contributed by atoms with E-state index in [0.717, 1.165) is 5.69 Å². The molecule has 0 radical (unpaired) electrons. The normalized spacial score (nSPS) is 20.1. The first-order valence-corrected chi connectivity index (χ1v) is 10.3. The zero-order chi connectivity index (χ0) is 19.6. The van der Waals surface area contributed by atoms with E-state index in [2.05, 4.69) is 15.3 Å². The van der Waals surface area contributed by atoms with Crippen molar-refractivity contribution in [3.8, 4) is 17.1 Å². The quantitative estimate of drug-likeness (QED) is 0.767. The Bertz CT molecular complexity index is 917. The Morgan fingerprint density at radius 1 is 1.26 bits per heavy atom. The van der Waals surface area contributed by atoms with Crippen LogP contribution in [0.15, 0.2) is 30.3 Å². The van der Waals surface area contributed by atoms with Crippen molar-refractivity contribution in [2.45, 2.75) is 13.0 Å². The number of aromatic nitrogens is 2. The predicted octanol–water partition coefficient (Wildman–Crippen LogP) is 1.48. The number of aryl methyl sites for hydroxylation is 1. The number of aromatic hydroxyl groups is 1. The molecule has 3 rings (SSSR count). The second-order valence-electron chi connectivity index (χ2n) is 6.84. The van der Waals surface area contributed by atoms with Crippen LogP contribution < -0.4 is 5.32 Å². The first-order chi connectivity index (χ1) is 12.8. The Morgan fingerprint density at radius 2 is 2.00 bits per heavy atom. The number of benzene rings is 1. The number of rotatable bonds is 6. The molecule has 0 aliphatic carbocycles. The number of ether oxygens (including phenoxy) is 1. The summed E-state index contributed by atoms with van der Waals surface area (Å²) in [5, 5.41) is 13.3. The molecule has 0 saturated carbocycles. The van der Waals surface area contributed by atoms with E-state index in [0.29, 0.717) is 30.4 Å². The third-order valence-corrected chi connectivity index (χ3v) is 6.47. The molecule has 1 aromatic heterocycles. The first kappa shape index (κ1) is 19.5. The summed E-state index contributed by atoms with van der Waals surface area (Å²) >= 11 is 0. The monoisotopic (exact) mass is 392 g/mol. The largest absolute Gasteiger partial charge is 0.507 e. The molecule has 0 bridgehead atoms. The molecule has 0 spiro atoms. The highest BCUT2D eigenvalue weighted by molar-refractivity contribution is 7.89. The summed E-state index contributed by atoms with van der Waals surface area (Å²) in [6, 6.07) is 8.49. The van der Waals surface area contributed by atoms with Gasteiger partial charge in [-0.3, -0.25) is 0 Å². The van der Waals surface area contributed by atoms with Crippen LogP contribution in [0.5, 0.6) is 5.75 Å². The van der Waals surface area contributed by atoms with Crippen molar-refractivity contribution in [2.24, 2.45) is 5.92 Å². The van der Waals surface area contributed by atoms with Crippen molar-refractivity contribution in [2.75, 3.05) is 38.4 Å². The van der Waals surface area contributed by atoms with Gasteiger partial charge in [-0.25, -0.2) is 22.7 Å². The average Bonchev–Trinajstić information content (AvgIpc) is 3.00. The molecule has 27 heavy (non-hydrogen) atoms. The number of nitrogens with zero attached hydrogens (tertiary/aromatic N) is 3. The van der Waals surface area contributed by atoms with Crippen LogP contribution in [0.4, 0.5) is 5.82 Å². The lowest BCUT2D eigenvalue weighted by molar-refractivity contribution is 0.187. The summed E-state index contributed by atoms with van der Waals surface area (Å²) in [4.78, 5) is 8.89. The van der Waals surface area contributed by atoms with Gasteiger partial charge in [-0.2, -0.15) is 0 Å². The Balaban J connectivity index is 1.82. The van der Waals surface area contributed by atoms with Crippen molar-refractivity contribution >= 4 is 15.8 Å². The number of nitrogens with one attached hydrogen (secondary N) is 1. The van der Waals surface area contributed by atoms with Crippen LogP contribution in [0.25, 0.3) is 11.4 Å². The van der Waals surface area contributed by atoms with Crippen molar-refractivity contribution < 1.29 is 18.3 Å². The molecule has 9 heteroatoms. The molecule has 2 atom stereocenters. The second kappa shape index (κ2) is 7.79. The average molecular weight is 392 g/mol. The highest BCUT2D eigenvalue weighted by Gasteiger charge is 2.33. The Kier molecular flexibility index (Phi) is 5.64. The van der Waals surface area contributed by atoms with Gasteiger partial charge in [-0.15, -0.1) is 0 Å². The van der Waals surface area contributed by atoms with Crippen LogP contribution in [0.2, 0.25) is 0 Å². The van der Waals surface area contributed by atoms with E-state index >= 15 is 0 Å². The lowest BCUT2D eigenvalue weighted by Gasteiger charge is -2.21. The molecule has 2 N–H and O–H groups in total. The van der Waals surface area contributed by atoms with E-state index in [1.54, 1.807) is 30.3 Å². The van der Waals surface area contributed by atoms with Gasteiger partial charge in [0.05, 0.1) is 30.6 Å². The Labute approximate surface area is 159 Å². The number of sulfonamides is 1. The molecule has 146 valence electrons. The minimum atomic E-state index is -3.32. The van der Waals surface area contributed by atoms with Gasteiger partial charge < -0.3 is 15.2 Å². The summed E-state index contributed by atoms with van der Waals surface area (Å²) in [6.45, 7) is 2.62. The molecule has 1 aromatic carbocycles. The number of phenols is 1. The number of hydrogen-bond donors (Lipinski definition) is 2. The van der Waals surface area contributed by atoms with Gasteiger partial charge in [0, 0.05) is 31.8 Å². The van der Waals surface area contributed by atoms with E-state index in [1.807, 2.05) is 6.92 Å². The molecule has 0 unspecified atom stereocenters. The lowest BCUT2D eigenvalue weighted by Crippen LogP contribution is -2.37. The highest BCUT2D eigenvalue weighted by atomic mass is 32.2. The molecule has 8 nitrogen and oxygen atoms in total. The fraction of sp³-hybridized carbons (Fsp3) is 0.444. The second-order valence-corrected chi connectivity index (χ2v) is 9.07. The third-order valence-electron chi connectivity index (χ3n) is 4.51. The zero-order valence-corrected chi connectivity index (χ0v) is 16.4. The summed E-state index contributed by atoms with van der Waals surface area (Å²) in [6.07, 6.45) is 0. The van der Waals surface area contributed by atoms with E-state index in [-0.39, 0.29) is 23.5 Å². The van der Waals surface area contributed by atoms with E-state index in [4.69, 9.17) is 4.74 Å². The maximum absolute atomic E-state index is 12.2. The van der Waals surface area contributed by atoms with Crippen molar-refractivity contribution in [1.29, 1.82) is 0 Å². The van der Waals surface area contributed by atoms with Crippen molar-refractivity contribution in [1.82, 2.24) is 14.3 Å². The first-order valence-electron chi connectivity index (χ1n) is 8.65. The van der Waals surface area contributed by atoms with Crippen LogP contribution in [0.1, 0.15) is 5.69 Å². The summed E-state index contributed by atoms with van der Waals surface area (Å²) in [5.41, 5.74) is 1.28. The van der Waals surface area contributed by atoms with Gasteiger partial charge in [0.25, 0.3) is 0 Å². The molecule has 2 heterocycles. The fourth-order valence-electron chi connectivity index (χ4n) is 2.96. The smallest absolute Gasteiger partial charge is 0.214 e. The molecule has 2 aromatic rings. The van der Waals surface area contributed by atoms with Gasteiger partial charge in [0.15, 0.2) is 5.82 Å². The topological polar surface area (TPSA) is 105 Å². The minimum Gasteiger partial charge on any atom is -0.507 e. The standard InChI is InChI=1S/C18H24N4O4S/c1-12-8-17(21-18(19-12)14-6-4-5-7-16(14)23)20-15-10-26-9-13(15)11-27(24,25)22(2)3/h4-8,13,15,23H,9-11H2,1-3H3,(H,19,20,21)/t13-,15-/m0/s1. The van der Waals surface area contributed by atoms with E-state index in [9.17, 15) is 13.5 Å². The molecule has 1 fully saturated rings. The highest BCUT2D eigenvalue weighted by Crippen LogP contribution is 2.28. The maximum atomic E-state index is 12.2. The Morgan fingerprint density at radius 3 is 2.70 bits per heavy atom. The molecule has 1 saturated heterocycles. The summed E-state index contributed by atoms with van der Waals surface area (Å²) in [7, 11) is -0.269. The summed E-state index contributed by atoms with van der Waals surface area (Å²) in [5.74, 6) is 0.915. The van der Waals surface area contributed by atoms with Crippen molar-refractivity contribution in [3.63, 3.8) is 0 Å². The van der Waals surface area contributed by atoms with Crippen LogP contribution in [-0.2, 0) is 14.8 Å². The van der Waals surface area contributed by atoms with Crippen LogP contribution >= 0.6 is 0 Å². The molecular weight excluding hydrogens is 368 g/mol. The number of hydrogen-bond acceptors (Lipinski definition) is 7. The van der Waals surface area contributed by atoms with E-state index in [1.165, 1.54) is 18.4 Å². The van der Waals surface area contributed by atoms with Crippen LogP contribution in [0.3, 0.4) is 0 Å². The number of para-hydroxylation sites is 1. The van der Waals surface area contributed by atoms with Gasteiger partial charge in [-0.05, 0) is 19.1 Å². The van der Waals surface area contributed by atoms with Gasteiger partial charge >= 0.3 is 0 Å². The van der Waals surface area contributed by atoms with Gasteiger partial charge in [0.1, 0.15) is 11.6 Å². The predicted molar refractivity (Wildman–Crippen MR) is 103 cm³/mol. The molecule has 0 amide bonds. The SMILES string of the molecule is Cc1cc(N[C@H]2COC[C@H]2CS(=O)(=O)N(C)C)nc(-c2ccccc2O)n1. The minimum absolute atomic E-state index is 0.00800.